The maximum absolute atomic E-state index is 10.9. The van der Waals surface area contributed by atoms with Crippen LogP contribution >= 0.6 is 15.9 Å². The highest BCUT2D eigenvalue weighted by Gasteiger charge is 2.23. The molecule has 0 spiro atoms. The molecule has 1 saturated carbocycles. The van der Waals surface area contributed by atoms with Crippen LogP contribution in [0.3, 0.4) is 0 Å². The highest BCUT2D eigenvalue weighted by molar-refractivity contribution is 9.10. The quantitative estimate of drug-likeness (QED) is 0.637. The smallest absolute Gasteiger partial charge is 0.283 e. The largest absolute Gasteiger partial charge is 0.310 e. The van der Waals surface area contributed by atoms with Gasteiger partial charge < -0.3 is 5.32 Å². The van der Waals surface area contributed by atoms with Gasteiger partial charge in [0.05, 0.1) is 9.40 Å². The van der Waals surface area contributed by atoms with Gasteiger partial charge in [0, 0.05) is 18.7 Å². The first-order chi connectivity index (χ1) is 9.61. The lowest BCUT2D eigenvalue weighted by molar-refractivity contribution is -0.385. The van der Waals surface area contributed by atoms with Crippen molar-refractivity contribution in [3.8, 4) is 0 Å². The Balaban J connectivity index is 1.99. The Bertz CT molecular complexity index is 479. The van der Waals surface area contributed by atoms with E-state index >= 15 is 0 Å². The van der Waals surface area contributed by atoms with Gasteiger partial charge in [-0.1, -0.05) is 32.3 Å². The summed E-state index contributed by atoms with van der Waals surface area (Å²) < 4.78 is 0.537. The summed E-state index contributed by atoms with van der Waals surface area (Å²) in [4.78, 5) is 10.6. The first-order valence-electron chi connectivity index (χ1n) is 7.28. The highest BCUT2D eigenvalue weighted by Crippen LogP contribution is 2.28. The molecule has 2 rings (SSSR count). The van der Waals surface area contributed by atoms with E-state index in [2.05, 4.69) is 28.2 Å². The monoisotopic (exact) mass is 340 g/mol. The van der Waals surface area contributed by atoms with Crippen LogP contribution in [-0.2, 0) is 6.54 Å². The average Bonchev–Trinajstić information content (AvgIpc) is 2.46. The number of benzene rings is 1. The predicted octanol–water partition coefficient (Wildman–Crippen LogP) is 4.42. The van der Waals surface area contributed by atoms with E-state index in [0.29, 0.717) is 17.1 Å². The van der Waals surface area contributed by atoms with Crippen molar-refractivity contribution in [3.63, 3.8) is 0 Å². The first-order valence-corrected chi connectivity index (χ1v) is 8.07. The molecule has 1 aromatic rings. The number of nitrogens with zero attached hydrogens (tertiary/aromatic N) is 1. The Hall–Kier alpha value is -0.940. The fourth-order valence-corrected chi connectivity index (χ4v) is 3.41. The molecule has 4 nitrogen and oxygen atoms in total. The van der Waals surface area contributed by atoms with Crippen molar-refractivity contribution in [2.24, 2.45) is 5.92 Å². The molecule has 0 saturated heterocycles. The molecule has 0 radical (unpaired) electrons. The molecule has 2 unspecified atom stereocenters. The molecule has 0 heterocycles. The maximum Gasteiger partial charge on any atom is 0.283 e. The normalized spacial score (nSPS) is 22.7. The zero-order valence-electron chi connectivity index (χ0n) is 11.8. The molecule has 1 aromatic carbocycles. The molecule has 1 aliphatic rings. The number of nitrogens with one attached hydrogen (secondary N) is 1. The Morgan fingerprint density at radius 1 is 1.40 bits per heavy atom. The molecule has 1 aliphatic carbocycles. The van der Waals surface area contributed by atoms with Crippen LogP contribution in [0.4, 0.5) is 5.69 Å². The predicted molar refractivity (Wildman–Crippen MR) is 83.7 cm³/mol. The lowest BCUT2D eigenvalue weighted by Crippen LogP contribution is -2.37. The topological polar surface area (TPSA) is 55.2 Å². The standard InChI is InChI=1S/C15H21BrN2O2/c1-2-12-5-3-4-6-14(12)17-10-11-7-8-13(16)15(9-11)18(19)20/h7-9,12,14,17H,2-6,10H2,1H3. The van der Waals surface area contributed by atoms with Crippen molar-refractivity contribution in [1.29, 1.82) is 0 Å². The molecule has 1 fully saturated rings. The minimum Gasteiger partial charge on any atom is -0.310 e. The number of nitro groups is 1. The van der Waals surface area contributed by atoms with Crippen molar-refractivity contribution >= 4 is 21.6 Å². The molecule has 110 valence electrons. The molecule has 0 bridgehead atoms. The van der Waals surface area contributed by atoms with Crippen LogP contribution in [-0.4, -0.2) is 11.0 Å². The third-order valence-corrected chi connectivity index (χ3v) is 4.88. The highest BCUT2D eigenvalue weighted by atomic mass is 79.9. The number of rotatable bonds is 5. The van der Waals surface area contributed by atoms with Crippen molar-refractivity contribution in [2.45, 2.75) is 51.6 Å². The summed E-state index contributed by atoms with van der Waals surface area (Å²) in [5.41, 5.74) is 1.11. The van der Waals surface area contributed by atoms with Crippen LogP contribution < -0.4 is 5.32 Å². The van der Waals surface area contributed by atoms with Gasteiger partial charge in [0.2, 0.25) is 0 Å². The maximum atomic E-state index is 10.9. The summed E-state index contributed by atoms with van der Waals surface area (Å²) in [5.74, 6) is 0.745. The summed E-state index contributed by atoms with van der Waals surface area (Å²) in [5, 5.41) is 14.5. The Labute approximate surface area is 128 Å². The number of halogens is 1. The lowest BCUT2D eigenvalue weighted by Gasteiger charge is -2.31. The number of nitro benzene ring substituents is 1. The second-order valence-corrected chi connectivity index (χ2v) is 6.34. The van der Waals surface area contributed by atoms with Gasteiger partial charge in [-0.25, -0.2) is 0 Å². The molecule has 5 heteroatoms. The minimum atomic E-state index is -0.344. The van der Waals surface area contributed by atoms with Crippen molar-refractivity contribution in [2.75, 3.05) is 0 Å². The van der Waals surface area contributed by atoms with E-state index in [4.69, 9.17) is 0 Å². The Morgan fingerprint density at radius 2 is 2.15 bits per heavy atom. The van der Waals surface area contributed by atoms with Crippen LogP contribution in [0.2, 0.25) is 0 Å². The lowest BCUT2D eigenvalue weighted by atomic mass is 9.83. The van der Waals surface area contributed by atoms with Gasteiger partial charge in [-0.15, -0.1) is 0 Å². The SMILES string of the molecule is CCC1CCCCC1NCc1ccc(Br)c([N+](=O)[O-])c1. The molecule has 0 aliphatic heterocycles. The second kappa shape index (κ2) is 7.18. The van der Waals surface area contributed by atoms with Gasteiger partial charge in [0.15, 0.2) is 0 Å². The van der Waals surface area contributed by atoms with E-state index in [1.807, 2.05) is 6.07 Å². The minimum absolute atomic E-state index is 0.139. The van der Waals surface area contributed by atoms with Gasteiger partial charge >= 0.3 is 0 Å². The fourth-order valence-electron chi connectivity index (χ4n) is 3.02. The zero-order valence-corrected chi connectivity index (χ0v) is 13.4. The first kappa shape index (κ1) is 15.4. The molecule has 1 N–H and O–H groups in total. The summed E-state index contributed by atoms with van der Waals surface area (Å²) in [6.07, 6.45) is 6.35. The molecule has 0 aromatic heterocycles. The van der Waals surface area contributed by atoms with Gasteiger partial charge in [-0.3, -0.25) is 10.1 Å². The van der Waals surface area contributed by atoms with Crippen LogP contribution in [0.25, 0.3) is 0 Å². The van der Waals surface area contributed by atoms with Crippen molar-refractivity contribution in [3.05, 3.63) is 38.3 Å². The van der Waals surface area contributed by atoms with E-state index in [9.17, 15) is 10.1 Å². The summed E-state index contributed by atoms with van der Waals surface area (Å²) in [7, 11) is 0. The van der Waals surface area contributed by atoms with E-state index < -0.39 is 0 Å². The van der Waals surface area contributed by atoms with Crippen molar-refractivity contribution in [1.82, 2.24) is 5.32 Å². The Kier molecular flexibility index (Phi) is 5.54. The van der Waals surface area contributed by atoms with E-state index in [-0.39, 0.29) is 10.6 Å². The Morgan fingerprint density at radius 3 is 2.85 bits per heavy atom. The fraction of sp³-hybridized carbons (Fsp3) is 0.600. The third kappa shape index (κ3) is 3.79. The van der Waals surface area contributed by atoms with E-state index in [1.54, 1.807) is 12.1 Å². The van der Waals surface area contributed by atoms with Gasteiger partial charge in [0.25, 0.3) is 5.69 Å². The van der Waals surface area contributed by atoms with Crippen LogP contribution in [0.5, 0.6) is 0 Å². The van der Waals surface area contributed by atoms with Crippen LogP contribution in [0.15, 0.2) is 22.7 Å². The average molecular weight is 341 g/mol. The number of hydrogen-bond donors (Lipinski definition) is 1. The molecule has 20 heavy (non-hydrogen) atoms. The summed E-state index contributed by atoms with van der Waals surface area (Å²) in [6.45, 7) is 2.95. The third-order valence-electron chi connectivity index (χ3n) is 4.21. The van der Waals surface area contributed by atoms with Gasteiger partial charge in [0.1, 0.15) is 0 Å². The molecular formula is C15H21BrN2O2. The molecule has 0 amide bonds. The molecular weight excluding hydrogens is 320 g/mol. The summed E-state index contributed by atoms with van der Waals surface area (Å²) >= 11 is 3.22. The van der Waals surface area contributed by atoms with Crippen LogP contribution in [0.1, 0.15) is 44.6 Å². The molecule has 2 atom stereocenters. The number of hydrogen-bond acceptors (Lipinski definition) is 3. The van der Waals surface area contributed by atoms with E-state index in [0.717, 1.165) is 11.5 Å². The second-order valence-electron chi connectivity index (χ2n) is 5.48. The van der Waals surface area contributed by atoms with E-state index in [1.165, 1.54) is 32.1 Å². The van der Waals surface area contributed by atoms with Gasteiger partial charge in [-0.2, -0.15) is 0 Å². The zero-order chi connectivity index (χ0) is 14.5. The van der Waals surface area contributed by atoms with Crippen LogP contribution in [0, 0.1) is 16.0 Å². The van der Waals surface area contributed by atoms with Gasteiger partial charge in [-0.05, 0) is 46.3 Å². The summed E-state index contributed by atoms with van der Waals surface area (Å²) in [6, 6.07) is 5.90. The van der Waals surface area contributed by atoms with Crippen molar-refractivity contribution < 1.29 is 4.92 Å².